The molecule has 0 aliphatic heterocycles. The molecule has 1 heterocycles. The second-order valence-corrected chi connectivity index (χ2v) is 3.40. The van der Waals surface area contributed by atoms with Gasteiger partial charge in [0.25, 0.3) is 3.90 Å². The molecule has 0 bridgehead atoms. The monoisotopic (exact) mass is 311 g/mol. The third-order valence-electron chi connectivity index (χ3n) is 1.56. The van der Waals surface area contributed by atoms with Crippen molar-refractivity contribution in [2.24, 2.45) is 0 Å². The molecule has 0 radical (unpaired) electrons. The van der Waals surface area contributed by atoms with Crippen LogP contribution in [0.15, 0.2) is 22.6 Å². The zero-order valence-corrected chi connectivity index (χ0v) is 8.86. The molecule has 2 aromatic rings. The van der Waals surface area contributed by atoms with Crippen LogP contribution in [0.2, 0.25) is 0 Å². The average molecular weight is 311 g/mol. The molecule has 0 amide bonds. The van der Waals surface area contributed by atoms with Gasteiger partial charge in [0.1, 0.15) is 11.3 Å². The molecule has 2 rings (SSSR count). The number of fused-ring (bicyclic) bond motifs is 1. The molecule has 0 aliphatic carbocycles. The fourth-order valence-corrected chi connectivity index (χ4v) is 1.55. The first-order valence-electron chi connectivity index (χ1n) is 3.66. The van der Waals surface area contributed by atoms with Crippen LogP contribution in [0.25, 0.3) is 11.1 Å². The fourth-order valence-electron chi connectivity index (χ4n) is 1.06. The van der Waals surface area contributed by atoms with E-state index in [4.69, 9.17) is 4.42 Å². The van der Waals surface area contributed by atoms with E-state index >= 15 is 0 Å². The number of hydrogen-bond donors (Lipinski definition) is 0. The second kappa shape index (κ2) is 3.68. The lowest BCUT2D eigenvalue weighted by molar-refractivity contribution is -0.0497. The van der Waals surface area contributed by atoms with Crippen molar-refractivity contribution in [1.82, 2.24) is 4.98 Å². The van der Waals surface area contributed by atoms with Crippen molar-refractivity contribution in [3.63, 3.8) is 0 Å². The standard InChI is InChI=1S/C8H4F2INO2/c9-7(10)13-4-1-2-6-5(3-4)12-8(11)14-6/h1-3,7H. The van der Waals surface area contributed by atoms with Crippen molar-refractivity contribution in [3.05, 3.63) is 22.1 Å². The van der Waals surface area contributed by atoms with Crippen molar-refractivity contribution >= 4 is 33.7 Å². The molecular formula is C8H4F2INO2. The maximum Gasteiger partial charge on any atom is 0.387 e. The predicted molar refractivity (Wildman–Crippen MR) is 53.4 cm³/mol. The summed E-state index contributed by atoms with van der Waals surface area (Å²) in [6.07, 6.45) is 0. The Kier molecular flexibility index (Phi) is 2.53. The van der Waals surface area contributed by atoms with Crippen molar-refractivity contribution in [2.75, 3.05) is 0 Å². The molecule has 0 fully saturated rings. The summed E-state index contributed by atoms with van der Waals surface area (Å²) in [5.41, 5.74) is 1.06. The van der Waals surface area contributed by atoms with E-state index in [-0.39, 0.29) is 5.75 Å². The Morgan fingerprint density at radius 2 is 2.21 bits per heavy atom. The van der Waals surface area contributed by atoms with Gasteiger partial charge in [-0.3, -0.25) is 0 Å². The molecule has 1 aromatic carbocycles. The third kappa shape index (κ3) is 1.94. The number of aromatic nitrogens is 1. The van der Waals surface area contributed by atoms with E-state index in [1.165, 1.54) is 12.1 Å². The summed E-state index contributed by atoms with van der Waals surface area (Å²) in [7, 11) is 0. The number of rotatable bonds is 2. The van der Waals surface area contributed by atoms with Crippen LogP contribution in [0.3, 0.4) is 0 Å². The van der Waals surface area contributed by atoms with Gasteiger partial charge >= 0.3 is 6.61 Å². The van der Waals surface area contributed by atoms with Gasteiger partial charge in [-0.25, -0.2) is 4.98 Å². The van der Waals surface area contributed by atoms with Gasteiger partial charge < -0.3 is 9.15 Å². The van der Waals surface area contributed by atoms with E-state index in [9.17, 15) is 8.78 Å². The van der Waals surface area contributed by atoms with Gasteiger partial charge in [-0.05, 0) is 12.1 Å². The summed E-state index contributed by atoms with van der Waals surface area (Å²) < 4.78 is 33.6. The first-order valence-corrected chi connectivity index (χ1v) is 4.74. The molecule has 3 nitrogen and oxygen atoms in total. The van der Waals surface area contributed by atoms with Crippen molar-refractivity contribution < 1.29 is 17.9 Å². The number of alkyl halides is 2. The van der Waals surface area contributed by atoms with Gasteiger partial charge in [0.05, 0.1) is 0 Å². The Morgan fingerprint density at radius 3 is 2.93 bits per heavy atom. The number of ether oxygens (including phenoxy) is 1. The Bertz CT molecular complexity index is 458. The van der Waals surface area contributed by atoms with E-state index in [1.807, 2.05) is 22.6 Å². The number of nitrogens with zero attached hydrogens (tertiary/aromatic N) is 1. The van der Waals surface area contributed by atoms with Gasteiger partial charge in [0.2, 0.25) is 0 Å². The first-order chi connectivity index (χ1) is 6.65. The Morgan fingerprint density at radius 1 is 1.43 bits per heavy atom. The summed E-state index contributed by atoms with van der Waals surface area (Å²) in [4.78, 5) is 3.98. The van der Waals surface area contributed by atoms with Crippen LogP contribution >= 0.6 is 22.6 Å². The predicted octanol–water partition coefficient (Wildman–Crippen LogP) is 3.03. The van der Waals surface area contributed by atoms with Crippen molar-refractivity contribution in [2.45, 2.75) is 6.61 Å². The van der Waals surface area contributed by atoms with Crippen LogP contribution in [-0.4, -0.2) is 11.6 Å². The van der Waals surface area contributed by atoms with Crippen molar-refractivity contribution in [1.29, 1.82) is 0 Å². The summed E-state index contributed by atoms with van der Waals surface area (Å²) >= 11 is 1.90. The van der Waals surface area contributed by atoms with Crippen LogP contribution in [-0.2, 0) is 0 Å². The molecule has 14 heavy (non-hydrogen) atoms. The SMILES string of the molecule is FC(F)Oc1ccc2oc(I)nc2c1. The maximum absolute atomic E-state index is 11.9. The molecule has 1 aromatic heterocycles. The highest BCUT2D eigenvalue weighted by Crippen LogP contribution is 2.23. The number of benzene rings is 1. The fraction of sp³-hybridized carbons (Fsp3) is 0.125. The largest absolute Gasteiger partial charge is 0.435 e. The van der Waals surface area contributed by atoms with Crippen LogP contribution in [0, 0.1) is 3.90 Å². The summed E-state index contributed by atoms with van der Waals surface area (Å²) in [5.74, 6) is 0.0807. The highest BCUT2D eigenvalue weighted by Gasteiger charge is 2.07. The average Bonchev–Trinajstić information content (AvgIpc) is 2.42. The van der Waals surface area contributed by atoms with Gasteiger partial charge in [0, 0.05) is 28.7 Å². The Labute approximate surface area is 91.2 Å². The normalized spacial score (nSPS) is 11.1. The van der Waals surface area contributed by atoms with Gasteiger partial charge in [-0.2, -0.15) is 8.78 Å². The molecule has 0 aliphatic rings. The van der Waals surface area contributed by atoms with Gasteiger partial charge in [-0.1, -0.05) is 0 Å². The minimum atomic E-state index is -2.82. The molecule has 0 saturated heterocycles. The highest BCUT2D eigenvalue weighted by molar-refractivity contribution is 14.1. The zero-order chi connectivity index (χ0) is 10.1. The maximum atomic E-state index is 11.9. The van der Waals surface area contributed by atoms with E-state index in [2.05, 4.69) is 9.72 Å². The molecule has 0 spiro atoms. The van der Waals surface area contributed by atoms with E-state index in [1.54, 1.807) is 6.07 Å². The quantitative estimate of drug-likeness (QED) is 0.800. The molecule has 6 heteroatoms. The minimum absolute atomic E-state index is 0.0807. The topological polar surface area (TPSA) is 35.3 Å². The van der Waals surface area contributed by atoms with Gasteiger partial charge in [0.15, 0.2) is 5.58 Å². The van der Waals surface area contributed by atoms with Crippen LogP contribution in [0.1, 0.15) is 0 Å². The molecule has 74 valence electrons. The van der Waals surface area contributed by atoms with Crippen LogP contribution in [0.5, 0.6) is 5.75 Å². The van der Waals surface area contributed by atoms with Crippen LogP contribution < -0.4 is 4.74 Å². The number of halogens is 3. The summed E-state index contributed by atoms with van der Waals surface area (Å²) in [6, 6.07) is 4.37. The lowest BCUT2D eigenvalue weighted by Gasteiger charge is -2.02. The summed E-state index contributed by atoms with van der Waals surface area (Å²) in [6.45, 7) is -2.82. The van der Waals surface area contributed by atoms with Crippen LogP contribution in [0.4, 0.5) is 8.78 Å². The number of hydrogen-bond acceptors (Lipinski definition) is 3. The molecule has 0 unspecified atom stereocenters. The zero-order valence-electron chi connectivity index (χ0n) is 6.71. The Hall–Kier alpha value is -0.920. The Balaban J connectivity index is 2.40. The third-order valence-corrected chi connectivity index (χ3v) is 2.02. The lowest BCUT2D eigenvalue weighted by Crippen LogP contribution is -2.01. The highest BCUT2D eigenvalue weighted by atomic mass is 127. The second-order valence-electron chi connectivity index (χ2n) is 2.47. The van der Waals surface area contributed by atoms with E-state index in [0.717, 1.165) is 0 Å². The lowest BCUT2D eigenvalue weighted by atomic mass is 10.3. The summed E-state index contributed by atoms with van der Waals surface area (Å²) in [5, 5.41) is 0. The number of oxazole rings is 1. The first kappa shape index (κ1) is 9.63. The molecule has 0 saturated carbocycles. The minimum Gasteiger partial charge on any atom is -0.435 e. The molecule has 0 N–H and O–H groups in total. The van der Waals surface area contributed by atoms with Crippen molar-refractivity contribution in [3.8, 4) is 5.75 Å². The van der Waals surface area contributed by atoms with Gasteiger partial charge in [-0.15, -0.1) is 0 Å². The smallest absolute Gasteiger partial charge is 0.387 e. The molecular weight excluding hydrogens is 307 g/mol. The molecule has 0 atom stereocenters. The van der Waals surface area contributed by atoms with E-state index < -0.39 is 6.61 Å². The van der Waals surface area contributed by atoms with E-state index in [0.29, 0.717) is 15.0 Å².